The highest BCUT2D eigenvalue weighted by Gasteiger charge is 2.15. The molecule has 0 saturated carbocycles. The van der Waals surface area contributed by atoms with E-state index >= 15 is 0 Å². The maximum atomic E-state index is 11.9. The minimum absolute atomic E-state index is 0.0412. The van der Waals surface area contributed by atoms with Crippen molar-refractivity contribution < 1.29 is 23.1 Å². The molecule has 0 fully saturated rings. The predicted octanol–water partition coefficient (Wildman–Crippen LogP) is 2.26. The molecule has 20 heavy (non-hydrogen) atoms. The molecule has 0 saturated heterocycles. The van der Waals surface area contributed by atoms with Gasteiger partial charge in [-0.05, 0) is 25.0 Å². The SMILES string of the molecule is COc1cc(Cl)c(C)cc1NS(=O)(=O)CCCC(=O)O. The molecule has 0 aromatic heterocycles. The van der Waals surface area contributed by atoms with Crippen LogP contribution in [0, 0.1) is 6.92 Å². The van der Waals surface area contributed by atoms with Gasteiger partial charge in [0.1, 0.15) is 5.75 Å². The molecule has 0 heterocycles. The van der Waals surface area contributed by atoms with Crippen LogP contribution >= 0.6 is 11.6 Å². The Hall–Kier alpha value is -1.47. The Kier molecular flexibility index (Phi) is 5.64. The number of ether oxygens (including phenoxy) is 1. The molecule has 1 rings (SSSR count). The first kappa shape index (κ1) is 16.6. The van der Waals surface area contributed by atoms with Gasteiger partial charge in [0.25, 0.3) is 0 Å². The predicted molar refractivity (Wildman–Crippen MR) is 77.0 cm³/mol. The van der Waals surface area contributed by atoms with Crippen molar-refractivity contribution in [2.24, 2.45) is 0 Å². The molecule has 6 nitrogen and oxygen atoms in total. The zero-order valence-corrected chi connectivity index (χ0v) is 12.7. The van der Waals surface area contributed by atoms with Crippen molar-refractivity contribution >= 4 is 33.3 Å². The fourth-order valence-corrected chi connectivity index (χ4v) is 2.82. The van der Waals surface area contributed by atoms with Crippen molar-refractivity contribution in [1.29, 1.82) is 0 Å². The quantitative estimate of drug-likeness (QED) is 0.803. The van der Waals surface area contributed by atoms with Gasteiger partial charge in [0, 0.05) is 17.5 Å². The summed E-state index contributed by atoms with van der Waals surface area (Å²) in [7, 11) is -2.22. The van der Waals surface area contributed by atoms with Crippen molar-refractivity contribution in [1.82, 2.24) is 0 Å². The van der Waals surface area contributed by atoms with E-state index < -0.39 is 16.0 Å². The molecule has 0 unspecified atom stereocenters. The van der Waals surface area contributed by atoms with Crippen LogP contribution in [-0.2, 0) is 14.8 Å². The number of halogens is 1. The lowest BCUT2D eigenvalue weighted by Gasteiger charge is -2.13. The summed E-state index contributed by atoms with van der Waals surface area (Å²) in [6, 6.07) is 3.09. The average Bonchev–Trinajstić information content (AvgIpc) is 2.32. The second-order valence-corrected chi connectivity index (χ2v) is 6.47. The molecule has 0 aliphatic rings. The zero-order chi connectivity index (χ0) is 15.3. The Balaban J connectivity index is 2.86. The van der Waals surface area contributed by atoms with E-state index in [1.54, 1.807) is 13.0 Å². The van der Waals surface area contributed by atoms with E-state index in [1.165, 1.54) is 13.2 Å². The normalized spacial score (nSPS) is 11.2. The average molecular weight is 322 g/mol. The van der Waals surface area contributed by atoms with Crippen LogP contribution in [0.4, 0.5) is 5.69 Å². The number of benzene rings is 1. The van der Waals surface area contributed by atoms with Gasteiger partial charge in [0.15, 0.2) is 0 Å². The van der Waals surface area contributed by atoms with E-state index in [2.05, 4.69) is 4.72 Å². The number of methoxy groups -OCH3 is 1. The van der Waals surface area contributed by atoms with E-state index in [1.807, 2.05) is 0 Å². The highest BCUT2D eigenvalue weighted by molar-refractivity contribution is 7.92. The fourth-order valence-electron chi connectivity index (χ4n) is 1.54. The molecule has 0 aliphatic heterocycles. The Morgan fingerprint density at radius 3 is 2.65 bits per heavy atom. The van der Waals surface area contributed by atoms with E-state index in [0.717, 1.165) is 0 Å². The van der Waals surface area contributed by atoms with Gasteiger partial charge in [0.2, 0.25) is 10.0 Å². The lowest BCUT2D eigenvalue weighted by molar-refractivity contribution is -0.137. The Labute approximate surface area is 122 Å². The largest absolute Gasteiger partial charge is 0.495 e. The second-order valence-electron chi connectivity index (χ2n) is 4.22. The van der Waals surface area contributed by atoms with E-state index in [-0.39, 0.29) is 24.3 Å². The maximum Gasteiger partial charge on any atom is 0.303 e. The molecule has 0 amide bonds. The monoisotopic (exact) mass is 321 g/mol. The molecule has 8 heteroatoms. The lowest BCUT2D eigenvalue weighted by Crippen LogP contribution is -2.18. The van der Waals surface area contributed by atoms with Gasteiger partial charge in [-0.1, -0.05) is 11.6 Å². The summed E-state index contributed by atoms with van der Waals surface area (Å²) in [6.07, 6.45) is -0.156. The van der Waals surface area contributed by atoms with Gasteiger partial charge in [-0.15, -0.1) is 0 Å². The summed E-state index contributed by atoms with van der Waals surface area (Å²) >= 11 is 5.93. The summed E-state index contributed by atoms with van der Waals surface area (Å²) in [5.74, 6) is -0.994. The van der Waals surface area contributed by atoms with Crippen molar-refractivity contribution in [3.8, 4) is 5.75 Å². The number of anilines is 1. The first-order valence-corrected chi connectivity index (χ1v) is 7.84. The van der Waals surface area contributed by atoms with Crippen molar-refractivity contribution in [3.63, 3.8) is 0 Å². The van der Waals surface area contributed by atoms with Crippen LogP contribution in [0.25, 0.3) is 0 Å². The van der Waals surface area contributed by atoms with Gasteiger partial charge in [0.05, 0.1) is 18.6 Å². The molecule has 0 radical (unpaired) electrons. The Morgan fingerprint density at radius 1 is 1.45 bits per heavy atom. The zero-order valence-electron chi connectivity index (χ0n) is 11.1. The van der Waals surface area contributed by atoms with Crippen molar-refractivity contribution in [3.05, 3.63) is 22.7 Å². The van der Waals surface area contributed by atoms with E-state index in [9.17, 15) is 13.2 Å². The standard InChI is InChI=1S/C12H16ClNO5S/c1-8-6-10(11(19-2)7-9(8)13)14-20(17,18)5-3-4-12(15)16/h6-7,14H,3-5H2,1-2H3,(H,15,16). The number of hydrogen-bond acceptors (Lipinski definition) is 4. The van der Waals surface area contributed by atoms with Gasteiger partial charge in [-0.2, -0.15) is 0 Å². The van der Waals surface area contributed by atoms with Crippen LogP contribution in [0.1, 0.15) is 18.4 Å². The summed E-state index contributed by atoms with van der Waals surface area (Å²) in [5, 5.41) is 8.97. The number of nitrogens with one attached hydrogen (secondary N) is 1. The van der Waals surface area contributed by atoms with Gasteiger partial charge in [-0.3, -0.25) is 9.52 Å². The van der Waals surface area contributed by atoms with Gasteiger partial charge in [-0.25, -0.2) is 8.42 Å². The number of hydrogen-bond donors (Lipinski definition) is 2. The van der Waals surface area contributed by atoms with Crippen LogP contribution in [0.2, 0.25) is 5.02 Å². The molecular formula is C12H16ClNO5S. The fraction of sp³-hybridized carbons (Fsp3) is 0.417. The van der Waals surface area contributed by atoms with Gasteiger partial charge < -0.3 is 9.84 Å². The van der Waals surface area contributed by atoms with Crippen LogP contribution in [0.5, 0.6) is 5.75 Å². The highest BCUT2D eigenvalue weighted by atomic mass is 35.5. The molecule has 1 aromatic carbocycles. The smallest absolute Gasteiger partial charge is 0.303 e. The number of sulfonamides is 1. The number of rotatable bonds is 7. The number of carbonyl (C=O) groups is 1. The van der Waals surface area contributed by atoms with Crippen molar-refractivity contribution in [2.75, 3.05) is 17.6 Å². The summed E-state index contributed by atoms with van der Waals surface area (Å²) in [4.78, 5) is 10.4. The first-order chi connectivity index (χ1) is 9.25. The molecule has 0 atom stereocenters. The van der Waals surface area contributed by atoms with Gasteiger partial charge >= 0.3 is 5.97 Å². The van der Waals surface area contributed by atoms with E-state index in [4.69, 9.17) is 21.4 Å². The lowest BCUT2D eigenvalue weighted by atomic mass is 10.2. The van der Waals surface area contributed by atoms with E-state index in [0.29, 0.717) is 16.3 Å². The molecule has 0 bridgehead atoms. The summed E-state index contributed by atoms with van der Waals surface area (Å²) < 4.78 is 31.1. The van der Waals surface area contributed by atoms with Crippen LogP contribution in [0.15, 0.2) is 12.1 Å². The summed E-state index contributed by atoms with van der Waals surface area (Å²) in [6.45, 7) is 1.74. The third-order valence-corrected chi connectivity index (χ3v) is 4.31. The van der Waals surface area contributed by atoms with Crippen molar-refractivity contribution in [2.45, 2.75) is 19.8 Å². The Morgan fingerprint density at radius 2 is 2.10 bits per heavy atom. The molecule has 2 N–H and O–H groups in total. The minimum atomic E-state index is -3.63. The molecule has 112 valence electrons. The number of carboxylic acids is 1. The molecule has 0 aliphatic carbocycles. The number of carboxylic acid groups (broad SMARTS) is 1. The Bertz CT molecular complexity index is 600. The molecular weight excluding hydrogens is 306 g/mol. The molecule has 0 spiro atoms. The third kappa shape index (κ3) is 4.90. The second kappa shape index (κ2) is 6.81. The third-order valence-electron chi connectivity index (χ3n) is 2.55. The first-order valence-electron chi connectivity index (χ1n) is 5.81. The molecule has 1 aromatic rings. The van der Waals surface area contributed by atoms with Crippen LogP contribution in [-0.4, -0.2) is 32.4 Å². The topological polar surface area (TPSA) is 92.7 Å². The highest BCUT2D eigenvalue weighted by Crippen LogP contribution is 2.31. The number of aryl methyl sites for hydroxylation is 1. The van der Waals surface area contributed by atoms with Crippen LogP contribution < -0.4 is 9.46 Å². The van der Waals surface area contributed by atoms with Crippen LogP contribution in [0.3, 0.4) is 0 Å². The minimum Gasteiger partial charge on any atom is -0.495 e. The maximum absolute atomic E-state index is 11.9. The summed E-state index contributed by atoms with van der Waals surface area (Å²) in [5.41, 5.74) is 0.987. The number of aliphatic carboxylic acids is 1.